The number of piperazine rings is 1. The van der Waals surface area contributed by atoms with Gasteiger partial charge in [-0.15, -0.1) is 0 Å². The number of ether oxygens (including phenoxy) is 2. The van der Waals surface area contributed by atoms with E-state index in [1.807, 2.05) is 18.2 Å². The molecule has 7 nitrogen and oxygen atoms in total. The van der Waals surface area contributed by atoms with Gasteiger partial charge in [0.25, 0.3) is 0 Å². The first-order valence-corrected chi connectivity index (χ1v) is 13.3. The van der Waals surface area contributed by atoms with Gasteiger partial charge in [0.05, 0.1) is 19.9 Å². The Balaban J connectivity index is 1.39. The second-order valence-electron chi connectivity index (χ2n) is 10.2. The molecule has 37 heavy (non-hydrogen) atoms. The molecule has 2 aromatic heterocycles. The number of nitrogens with zero attached hydrogens (tertiary/aromatic N) is 5. The molecule has 1 saturated heterocycles. The molecule has 0 amide bonds. The Morgan fingerprint density at radius 3 is 2.22 bits per heavy atom. The van der Waals surface area contributed by atoms with Crippen LogP contribution in [0.5, 0.6) is 11.5 Å². The Hall–Kier alpha value is -3.74. The number of hydrogen-bond acceptors (Lipinski definition) is 6. The minimum Gasteiger partial charge on any atom is -0.497 e. The lowest BCUT2D eigenvalue weighted by molar-refractivity contribution is 0.394. The Kier molecular flexibility index (Phi) is 6.14. The van der Waals surface area contributed by atoms with Crippen molar-refractivity contribution in [3.63, 3.8) is 0 Å². The van der Waals surface area contributed by atoms with E-state index in [0.717, 1.165) is 67.4 Å². The fourth-order valence-electron chi connectivity index (χ4n) is 5.77. The molecule has 0 bridgehead atoms. The van der Waals surface area contributed by atoms with E-state index in [9.17, 15) is 0 Å². The van der Waals surface area contributed by atoms with Gasteiger partial charge in [-0.25, -0.2) is 4.98 Å². The Bertz CT molecular complexity index is 1430. The van der Waals surface area contributed by atoms with Gasteiger partial charge in [0.15, 0.2) is 5.65 Å². The largest absolute Gasteiger partial charge is 0.497 e. The fraction of sp³-hybridized carbons (Fsp3) is 0.400. The number of rotatable bonds is 5. The van der Waals surface area contributed by atoms with Crippen LogP contribution in [0.2, 0.25) is 0 Å². The van der Waals surface area contributed by atoms with E-state index in [0.29, 0.717) is 0 Å². The molecular weight excluding hydrogens is 462 g/mol. The summed E-state index contributed by atoms with van der Waals surface area (Å²) in [4.78, 5) is 10.1. The standard InChI is InChI=1S/C30H35N5O2/c1-20-9-10-21(2)28(15-20)33-11-13-34(14-12-33)30-25-7-5-6-8-26(25)31-29-19-27(32-35(29)30)22-16-23(36-3)18-24(17-22)37-4/h9-10,15-19H,5-8,11-14H2,1-4H3. The molecule has 0 unspecified atom stereocenters. The van der Waals surface area contributed by atoms with Crippen LogP contribution in [0.25, 0.3) is 16.9 Å². The summed E-state index contributed by atoms with van der Waals surface area (Å²) in [6.07, 6.45) is 4.50. The normalized spacial score (nSPS) is 15.7. The second kappa shape index (κ2) is 9.61. The van der Waals surface area contributed by atoms with Crippen molar-refractivity contribution < 1.29 is 9.47 Å². The molecule has 0 spiro atoms. The first-order valence-electron chi connectivity index (χ1n) is 13.3. The van der Waals surface area contributed by atoms with Gasteiger partial charge in [0.2, 0.25) is 0 Å². The average molecular weight is 498 g/mol. The Labute approximate surface area is 218 Å². The van der Waals surface area contributed by atoms with Crippen LogP contribution in [0.15, 0.2) is 42.5 Å². The zero-order chi connectivity index (χ0) is 25.5. The van der Waals surface area contributed by atoms with Crippen LogP contribution in [0, 0.1) is 13.8 Å². The maximum atomic E-state index is 5.51. The zero-order valence-corrected chi connectivity index (χ0v) is 22.3. The van der Waals surface area contributed by atoms with Gasteiger partial charge >= 0.3 is 0 Å². The van der Waals surface area contributed by atoms with Crippen LogP contribution in [0.4, 0.5) is 11.5 Å². The highest BCUT2D eigenvalue weighted by molar-refractivity contribution is 5.70. The first-order chi connectivity index (χ1) is 18.0. The number of hydrogen-bond donors (Lipinski definition) is 0. The predicted octanol–water partition coefficient (Wildman–Crippen LogP) is 5.24. The van der Waals surface area contributed by atoms with E-state index >= 15 is 0 Å². The molecule has 4 aromatic rings. The summed E-state index contributed by atoms with van der Waals surface area (Å²) in [5.41, 5.74) is 9.36. The maximum absolute atomic E-state index is 5.51. The minimum absolute atomic E-state index is 0.751. The van der Waals surface area contributed by atoms with Gasteiger partial charge < -0.3 is 19.3 Å². The van der Waals surface area contributed by atoms with E-state index in [1.165, 1.54) is 46.7 Å². The first kappa shape index (κ1) is 23.6. The van der Waals surface area contributed by atoms with Crippen molar-refractivity contribution in [3.8, 4) is 22.8 Å². The van der Waals surface area contributed by atoms with Gasteiger partial charge in [-0.1, -0.05) is 12.1 Å². The van der Waals surface area contributed by atoms with Crippen molar-refractivity contribution in [2.24, 2.45) is 0 Å². The molecule has 0 N–H and O–H groups in total. The molecule has 0 radical (unpaired) electrons. The number of aryl methyl sites for hydroxylation is 3. The van der Waals surface area contributed by atoms with Crippen LogP contribution in [0.3, 0.4) is 0 Å². The highest BCUT2D eigenvalue weighted by atomic mass is 16.5. The van der Waals surface area contributed by atoms with Crippen LogP contribution >= 0.6 is 0 Å². The number of methoxy groups -OCH3 is 2. The van der Waals surface area contributed by atoms with Crippen LogP contribution < -0.4 is 19.3 Å². The van der Waals surface area contributed by atoms with E-state index < -0.39 is 0 Å². The summed E-state index contributed by atoms with van der Waals surface area (Å²) >= 11 is 0. The number of aromatic nitrogens is 3. The van der Waals surface area contributed by atoms with Gasteiger partial charge in [-0.2, -0.15) is 9.61 Å². The summed E-state index contributed by atoms with van der Waals surface area (Å²) in [5.74, 6) is 2.73. The van der Waals surface area contributed by atoms with Crippen LogP contribution in [0.1, 0.15) is 35.2 Å². The van der Waals surface area contributed by atoms with Crippen molar-refractivity contribution in [1.29, 1.82) is 0 Å². The lowest BCUT2D eigenvalue weighted by Crippen LogP contribution is -2.48. The van der Waals surface area contributed by atoms with Crippen molar-refractivity contribution in [1.82, 2.24) is 14.6 Å². The van der Waals surface area contributed by atoms with Gasteiger partial charge in [0, 0.05) is 60.8 Å². The number of anilines is 2. The monoisotopic (exact) mass is 497 g/mol. The summed E-state index contributed by atoms with van der Waals surface area (Å²) in [5, 5.41) is 5.11. The van der Waals surface area contributed by atoms with E-state index in [4.69, 9.17) is 19.6 Å². The molecule has 2 aliphatic rings. The summed E-state index contributed by atoms with van der Waals surface area (Å²) < 4.78 is 13.1. The molecule has 0 saturated carbocycles. The third-order valence-corrected chi connectivity index (χ3v) is 7.78. The molecule has 6 rings (SSSR count). The summed E-state index contributed by atoms with van der Waals surface area (Å²) in [7, 11) is 3.35. The number of benzene rings is 2. The van der Waals surface area contributed by atoms with Gasteiger partial charge in [-0.3, -0.25) is 0 Å². The molecule has 2 aromatic carbocycles. The van der Waals surface area contributed by atoms with Crippen LogP contribution in [-0.4, -0.2) is 55.0 Å². The third kappa shape index (κ3) is 4.37. The minimum atomic E-state index is 0.751. The average Bonchev–Trinajstić information content (AvgIpc) is 3.36. The van der Waals surface area contributed by atoms with Crippen molar-refractivity contribution in [2.75, 3.05) is 50.2 Å². The lowest BCUT2D eigenvalue weighted by atomic mass is 9.96. The molecule has 1 fully saturated rings. The van der Waals surface area contributed by atoms with Gasteiger partial charge in [-0.05, 0) is 68.9 Å². The quantitative estimate of drug-likeness (QED) is 0.376. The molecule has 7 heteroatoms. The van der Waals surface area contributed by atoms with Crippen molar-refractivity contribution >= 4 is 17.2 Å². The molecule has 0 atom stereocenters. The molecule has 1 aliphatic carbocycles. The second-order valence-corrected chi connectivity index (χ2v) is 10.2. The SMILES string of the molecule is COc1cc(OC)cc(-c2cc3nc4c(c(N5CCN(c6cc(C)ccc6C)CC5)n3n2)CCCC4)c1. The topological polar surface area (TPSA) is 55.1 Å². The molecule has 1 aliphatic heterocycles. The summed E-state index contributed by atoms with van der Waals surface area (Å²) in [6, 6.07) is 14.7. The van der Waals surface area contributed by atoms with Gasteiger partial charge in [0.1, 0.15) is 17.3 Å². The molecular formula is C30H35N5O2. The van der Waals surface area contributed by atoms with E-state index in [2.05, 4.69) is 52.4 Å². The predicted molar refractivity (Wildman–Crippen MR) is 149 cm³/mol. The summed E-state index contributed by atoms with van der Waals surface area (Å²) in [6.45, 7) is 8.28. The highest BCUT2D eigenvalue weighted by Gasteiger charge is 2.27. The van der Waals surface area contributed by atoms with E-state index in [-0.39, 0.29) is 0 Å². The van der Waals surface area contributed by atoms with Crippen molar-refractivity contribution in [2.45, 2.75) is 39.5 Å². The smallest absolute Gasteiger partial charge is 0.158 e. The molecule has 192 valence electrons. The Morgan fingerprint density at radius 1 is 0.784 bits per heavy atom. The fourth-order valence-corrected chi connectivity index (χ4v) is 5.77. The zero-order valence-electron chi connectivity index (χ0n) is 22.3. The Morgan fingerprint density at radius 2 is 1.49 bits per heavy atom. The third-order valence-electron chi connectivity index (χ3n) is 7.78. The highest BCUT2D eigenvalue weighted by Crippen LogP contribution is 2.35. The maximum Gasteiger partial charge on any atom is 0.158 e. The molecule has 3 heterocycles. The van der Waals surface area contributed by atoms with Crippen molar-refractivity contribution in [3.05, 3.63) is 64.8 Å². The van der Waals surface area contributed by atoms with Crippen LogP contribution in [-0.2, 0) is 12.8 Å². The lowest BCUT2D eigenvalue weighted by Gasteiger charge is -2.39. The number of fused-ring (bicyclic) bond motifs is 2. The van der Waals surface area contributed by atoms with E-state index in [1.54, 1.807) is 14.2 Å².